The standard InChI is InChI=1S/C6H11FO2/c1-2-3-5(7)6(9)4-8/h2,5-6,8-9H,1,3-4H2/t5?,6-/m1/s1. The first-order chi connectivity index (χ1) is 4.22. The van der Waals surface area contributed by atoms with Crippen molar-refractivity contribution < 1.29 is 14.6 Å². The van der Waals surface area contributed by atoms with Crippen molar-refractivity contribution in [3.05, 3.63) is 12.7 Å². The minimum atomic E-state index is -1.38. The van der Waals surface area contributed by atoms with Gasteiger partial charge in [0, 0.05) is 0 Å². The second-order valence-electron chi connectivity index (χ2n) is 1.79. The molecule has 0 aliphatic rings. The van der Waals surface area contributed by atoms with Gasteiger partial charge in [-0.3, -0.25) is 0 Å². The number of hydrogen-bond acceptors (Lipinski definition) is 2. The fraction of sp³-hybridized carbons (Fsp3) is 0.667. The molecule has 54 valence electrons. The lowest BCUT2D eigenvalue weighted by molar-refractivity contribution is 0.0299. The Morgan fingerprint density at radius 2 is 2.22 bits per heavy atom. The average molecular weight is 134 g/mol. The van der Waals surface area contributed by atoms with Crippen molar-refractivity contribution >= 4 is 0 Å². The van der Waals surface area contributed by atoms with Crippen molar-refractivity contribution in [1.29, 1.82) is 0 Å². The number of rotatable bonds is 4. The van der Waals surface area contributed by atoms with E-state index in [1.54, 1.807) is 0 Å². The Labute approximate surface area is 53.6 Å². The molecule has 0 aliphatic heterocycles. The van der Waals surface area contributed by atoms with Gasteiger partial charge < -0.3 is 10.2 Å². The Balaban J connectivity index is 3.44. The lowest BCUT2D eigenvalue weighted by atomic mass is 10.2. The molecular formula is C6H11FO2. The molecule has 0 heterocycles. The fourth-order valence-electron chi connectivity index (χ4n) is 0.431. The van der Waals surface area contributed by atoms with Crippen molar-refractivity contribution in [1.82, 2.24) is 0 Å². The molecule has 0 aromatic heterocycles. The summed E-state index contributed by atoms with van der Waals surface area (Å²) in [4.78, 5) is 0. The van der Waals surface area contributed by atoms with Crippen molar-refractivity contribution in [3.63, 3.8) is 0 Å². The lowest BCUT2D eigenvalue weighted by Gasteiger charge is -2.09. The number of aliphatic hydroxyl groups is 2. The Kier molecular flexibility index (Phi) is 4.26. The van der Waals surface area contributed by atoms with E-state index >= 15 is 0 Å². The molecule has 0 fully saturated rings. The van der Waals surface area contributed by atoms with E-state index in [0.717, 1.165) is 0 Å². The van der Waals surface area contributed by atoms with Crippen LogP contribution in [0.3, 0.4) is 0 Å². The Hall–Kier alpha value is -0.410. The molecule has 0 radical (unpaired) electrons. The lowest BCUT2D eigenvalue weighted by Crippen LogP contribution is -2.24. The molecule has 0 amide bonds. The van der Waals surface area contributed by atoms with Crippen LogP contribution in [-0.2, 0) is 0 Å². The van der Waals surface area contributed by atoms with E-state index in [4.69, 9.17) is 10.2 Å². The summed E-state index contributed by atoms with van der Waals surface area (Å²) in [6, 6.07) is 0. The van der Waals surface area contributed by atoms with Gasteiger partial charge >= 0.3 is 0 Å². The van der Waals surface area contributed by atoms with Crippen LogP contribution in [0.25, 0.3) is 0 Å². The highest BCUT2D eigenvalue weighted by Gasteiger charge is 2.14. The third kappa shape index (κ3) is 3.21. The first-order valence-corrected chi connectivity index (χ1v) is 2.76. The maximum absolute atomic E-state index is 12.3. The predicted molar refractivity (Wildman–Crippen MR) is 32.8 cm³/mol. The molecule has 0 rings (SSSR count). The topological polar surface area (TPSA) is 40.5 Å². The van der Waals surface area contributed by atoms with Crippen LogP contribution in [0.4, 0.5) is 4.39 Å². The van der Waals surface area contributed by atoms with Gasteiger partial charge in [-0.15, -0.1) is 6.58 Å². The zero-order valence-corrected chi connectivity index (χ0v) is 5.13. The molecule has 0 saturated heterocycles. The molecule has 0 aromatic carbocycles. The minimum Gasteiger partial charge on any atom is -0.394 e. The number of hydrogen-bond donors (Lipinski definition) is 2. The van der Waals surface area contributed by atoms with E-state index in [0.29, 0.717) is 0 Å². The molecule has 0 aromatic rings. The van der Waals surface area contributed by atoms with Crippen molar-refractivity contribution in [2.75, 3.05) is 6.61 Å². The van der Waals surface area contributed by atoms with E-state index < -0.39 is 18.9 Å². The van der Waals surface area contributed by atoms with Gasteiger partial charge in [0.25, 0.3) is 0 Å². The van der Waals surface area contributed by atoms with Crippen LogP contribution in [0.5, 0.6) is 0 Å². The molecule has 2 nitrogen and oxygen atoms in total. The molecule has 9 heavy (non-hydrogen) atoms. The summed E-state index contributed by atoms with van der Waals surface area (Å²) in [5.41, 5.74) is 0. The zero-order valence-electron chi connectivity index (χ0n) is 5.13. The first kappa shape index (κ1) is 8.59. The number of aliphatic hydroxyl groups excluding tert-OH is 2. The third-order valence-corrected chi connectivity index (χ3v) is 0.996. The van der Waals surface area contributed by atoms with Crippen LogP contribution in [-0.4, -0.2) is 29.1 Å². The Morgan fingerprint density at radius 1 is 1.67 bits per heavy atom. The zero-order chi connectivity index (χ0) is 7.28. The summed E-state index contributed by atoms with van der Waals surface area (Å²) in [6.45, 7) is 2.75. The van der Waals surface area contributed by atoms with Crippen molar-refractivity contribution in [2.24, 2.45) is 0 Å². The van der Waals surface area contributed by atoms with Crippen LogP contribution in [0.15, 0.2) is 12.7 Å². The highest BCUT2D eigenvalue weighted by molar-refractivity contribution is 4.77. The predicted octanol–water partition coefficient (Wildman–Crippen LogP) is 0.254. The number of halogens is 1. The van der Waals surface area contributed by atoms with Gasteiger partial charge in [0.05, 0.1) is 6.61 Å². The summed E-state index contributed by atoms with van der Waals surface area (Å²) >= 11 is 0. The van der Waals surface area contributed by atoms with Gasteiger partial charge in [0.1, 0.15) is 12.3 Å². The van der Waals surface area contributed by atoms with Crippen LogP contribution >= 0.6 is 0 Å². The quantitative estimate of drug-likeness (QED) is 0.541. The summed E-state index contributed by atoms with van der Waals surface area (Å²) in [5, 5.41) is 16.8. The van der Waals surface area contributed by atoms with Gasteiger partial charge in [-0.25, -0.2) is 4.39 Å². The van der Waals surface area contributed by atoms with Gasteiger partial charge in [0.2, 0.25) is 0 Å². The van der Waals surface area contributed by atoms with Gasteiger partial charge in [-0.05, 0) is 6.42 Å². The number of alkyl halides is 1. The third-order valence-electron chi connectivity index (χ3n) is 0.996. The van der Waals surface area contributed by atoms with Crippen LogP contribution < -0.4 is 0 Å². The van der Waals surface area contributed by atoms with E-state index in [-0.39, 0.29) is 6.42 Å². The second-order valence-corrected chi connectivity index (χ2v) is 1.79. The summed E-state index contributed by atoms with van der Waals surface area (Å²) in [6.07, 6.45) is -1.19. The smallest absolute Gasteiger partial charge is 0.132 e. The van der Waals surface area contributed by atoms with E-state index in [2.05, 4.69) is 6.58 Å². The Morgan fingerprint density at radius 3 is 2.56 bits per heavy atom. The minimum absolute atomic E-state index is 0.0850. The van der Waals surface area contributed by atoms with Crippen LogP contribution in [0, 0.1) is 0 Å². The van der Waals surface area contributed by atoms with E-state index in [9.17, 15) is 4.39 Å². The summed E-state index contributed by atoms with van der Waals surface area (Å²) in [5.74, 6) is 0. The first-order valence-electron chi connectivity index (χ1n) is 2.76. The monoisotopic (exact) mass is 134 g/mol. The highest BCUT2D eigenvalue weighted by atomic mass is 19.1. The normalized spacial score (nSPS) is 16.8. The Bertz CT molecular complexity index is 85.1. The SMILES string of the molecule is C=CCC(F)[C@H](O)CO. The van der Waals surface area contributed by atoms with Crippen LogP contribution in [0.2, 0.25) is 0 Å². The van der Waals surface area contributed by atoms with Gasteiger partial charge in [-0.2, -0.15) is 0 Å². The molecule has 2 atom stereocenters. The number of allylic oxidation sites excluding steroid dienone is 1. The summed E-state index contributed by atoms with van der Waals surface area (Å²) < 4.78 is 12.3. The fourth-order valence-corrected chi connectivity index (χ4v) is 0.431. The van der Waals surface area contributed by atoms with Gasteiger partial charge in [-0.1, -0.05) is 6.08 Å². The highest BCUT2D eigenvalue weighted by Crippen LogP contribution is 2.03. The molecule has 0 saturated carbocycles. The molecule has 0 bridgehead atoms. The van der Waals surface area contributed by atoms with Gasteiger partial charge in [0.15, 0.2) is 0 Å². The largest absolute Gasteiger partial charge is 0.394 e. The molecule has 3 heteroatoms. The maximum atomic E-state index is 12.3. The van der Waals surface area contributed by atoms with E-state index in [1.165, 1.54) is 6.08 Å². The average Bonchev–Trinajstić information content (AvgIpc) is 1.87. The maximum Gasteiger partial charge on any atom is 0.132 e. The van der Waals surface area contributed by atoms with Crippen molar-refractivity contribution in [2.45, 2.75) is 18.7 Å². The van der Waals surface area contributed by atoms with Crippen LogP contribution in [0.1, 0.15) is 6.42 Å². The molecule has 1 unspecified atom stereocenters. The van der Waals surface area contributed by atoms with Crippen molar-refractivity contribution in [3.8, 4) is 0 Å². The molecular weight excluding hydrogens is 123 g/mol. The molecule has 0 spiro atoms. The molecule has 2 N–H and O–H groups in total. The summed E-state index contributed by atoms with van der Waals surface area (Å²) in [7, 11) is 0. The second kappa shape index (κ2) is 4.47. The van der Waals surface area contributed by atoms with E-state index in [1.807, 2.05) is 0 Å². The molecule has 0 aliphatic carbocycles.